The second-order valence-corrected chi connectivity index (χ2v) is 10.8. The summed E-state index contributed by atoms with van der Waals surface area (Å²) in [6.45, 7) is 10.3. The first-order valence-electron chi connectivity index (χ1n) is 8.74. The molecule has 0 spiro atoms. The molecule has 5 nitrogen and oxygen atoms in total. The molecule has 2 rings (SSSR count). The van der Waals surface area contributed by atoms with E-state index in [1.807, 2.05) is 0 Å². The van der Waals surface area contributed by atoms with Gasteiger partial charge in [-0.25, -0.2) is 0 Å². The molecule has 0 aromatic carbocycles. The Kier molecular flexibility index (Phi) is 8.35. The van der Waals surface area contributed by atoms with Gasteiger partial charge < -0.3 is 23.4 Å². The topological polar surface area (TPSA) is 52.8 Å². The Bertz CT molecular complexity index is 272. The molecule has 0 bridgehead atoms. The maximum absolute atomic E-state index is 6.24. The van der Waals surface area contributed by atoms with Crippen LogP contribution in [0.1, 0.15) is 26.2 Å². The van der Waals surface area contributed by atoms with Crippen molar-refractivity contribution in [3.05, 3.63) is 0 Å². The van der Waals surface area contributed by atoms with Crippen LogP contribution in [0.3, 0.4) is 0 Å². The van der Waals surface area contributed by atoms with Gasteiger partial charge in [0.25, 0.3) is 0 Å². The summed E-state index contributed by atoms with van der Waals surface area (Å²) in [6, 6.07) is 2.34. The molecule has 2 unspecified atom stereocenters. The van der Waals surface area contributed by atoms with Gasteiger partial charge in [0.15, 0.2) is 8.32 Å². The Morgan fingerprint density at radius 3 is 1.82 bits per heavy atom. The highest BCUT2D eigenvalue weighted by Crippen LogP contribution is 2.22. The van der Waals surface area contributed by atoms with Crippen LogP contribution in [-0.2, 0) is 23.4 Å². The molecule has 2 aliphatic rings. The standard InChI is InChI=1S/C16H32O5Si/c1-3-6-21-22(2,9-4-7-17-11-15-13-19-15)10-5-8-18-12-16-14-20-16/h15-16H,3-14H2,1-2H3. The molecular weight excluding hydrogens is 300 g/mol. The van der Waals surface area contributed by atoms with Crippen LogP contribution in [0.25, 0.3) is 0 Å². The molecule has 2 saturated heterocycles. The van der Waals surface area contributed by atoms with Gasteiger partial charge in [-0.15, -0.1) is 0 Å². The third-order valence-corrected chi connectivity index (χ3v) is 7.78. The van der Waals surface area contributed by atoms with E-state index in [-0.39, 0.29) is 0 Å². The van der Waals surface area contributed by atoms with Crippen molar-refractivity contribution in [1.82, 2.24) is 0 Å². The van der Waals surface area contributed by atoms with Crippen LogP contribution in [0.4, 0.5) is 0 Å². The average molecular weight is 333 g/mol. The minimum atomic E-state index is -1.62. The van der Waals surface area contributed by atoms with Crippen molar-refractivity contribution in [2.45, 2.75) is 57.0 Å². The maximum Gasteiger partial charge on any atom is 0.189 e. The SMILES string of the molecule is CCCO[Si](C)(CCCOCC1CO1)CCCOCC1CO1. The Balaban J connectivity index is 1.53. The molecule has 0 saturated carbocycles. The van der Waals surface area contributed by atoms with E-state index in [0.29, 0.717) is 12.2 Å². The molecule has 0 aromatic heterocycles. The van der Waals surface area contributed by atoms with Gasteiger partial charge in [0, 0.05) is 19.8 Å². The van der Waals surface area contributed by atoms with E-state index in [2.05, 4.69) is 13.5 Å². The molecule has 2 atom stereocenters. The molecule has 2 fully saturated rings. The predicted octanol–water partition coefficient (Wildman–Crippen LogP) is 2.60. The number of ether oxygens (including phenoxy) is 4. The van der Waals surface area contributed by atoms with E-state index in [1.165, 1.54) is 12.1 Å². The van der Waals surface area contributed by atoms with E-state index in [9.17, 15) is 0 Å². The fourth-order valence-electron chi connectivity index (χ4n) is 2.47. The van der Waals surface area contributed by atoms with E-state index in [1.54, 1.807) is 0 Å². The van der Waals surface area contributed by atoms with Crippen LogP contribution in [0.2, 0.25) is 18.6 Å². The summed E-state index contributed by atoms with van der Waals surface area (Å²) in [5.74, 6) is 0. The van der Waals surface area contributed by atoms with E-state index in [0.717, 1.165) is 65.5 Å². The smallest absolute Gasteiger partial charge is 0.189 e. The van der Waals surface area contributed by atoms with Crippen molar-refractivity contribution < 1.29 is 23.4 Å². The van der Waals surface area contributed by atoms with Crippen LogP contribution in [0.15, 0.2) is 0 Å². The van der Waals surface area contributed by atoms with Crippen molar-refractivity contribution >= 4 is 8.32 Å². The minimum Gasteiger partial charge on any atom is -0.417 e. The molecule has 2 aliphatic heterocycles. The van der Waals surface area contributed by atoms with Gasteiger partial charge in [-0.1, -0.05) is 6.92 Å². The second-order valence-electron chi connectivity index (χ2n) is 6.57. The van der Waals surface area contributed by atoms with Crippen molar-refractivity contribution in [2.75, 3.05) is 46.2 Å². The van der Waals surface area contributed by atoms with Crippen LogP contribution in [0.5, 0.6) is 0 Å². The highest BCUT2D eigenvalue weighted by atomic mass is 28.4. The number of rotatable bonds is 15. The molecule has 0 aliphatic carbocycles. The lowest BCUT2D eigenvalue weighted by molar-refractivity contribution is 0.114. The van der Waals surface area contributed by atoms with Crippen molar-refractivity contribution in [3.8, 4) is 0 Å². The van der Waals surface area contributed by atoms with E-state index < -0.39 is 8.32 Å². The second kappa shape index (κ2) is 10.0. The van der Waals surface area contributed by atoms with Crippen molar-refractivity contribution in [3.63, 3.8) is 0 Å². The molecule has 2 heterocycles. The molecule has 130 valence electrons. The Hall–Kier alpha value is 0.0169. The lowest BCUT2D eigenvalue weighted by Crippen LogP contribution is -2.35. The van der Waals surface area contributed by atoms with Gasteiger partial charge in [0.2, 0.25) is 0 Å². The van der Waals surface area contributed by atoms with E-state index >= 15 is 0 Å². The van der Waals surface area contributed by atoms with Crippen LogP contribution in [0, 0.1) is 0 Å². The number of hydrogen-bond donors (Lipinski definition) is 0. The predicted molar refractivity (Wildman–Crippen MR) is 87.8 cm³/mol. The summed E-state index contributed by atoms with van der Waals surface area (Å²) < 4.78 is 27.8. The number of epoxide rings is 2. The highest BCUT2D eigenvalue weighted by Gasteiger charge is 2.28. The normalized spacial score (nSPS) is 25.9. The molecule has 0 radical (unpaired) electrons. The zero-order valence-electron chi connectivity index (χ0n) is 14.2. The summed E-state index contributed by atoms with van der Waals surface area (Å²) >= 11 is 0. The zero-order valence-corrected chi connectivity index (χ0v) is 15.2. The monoisotopic (exact) mass is 332 g/mol. The van der Waals surface area contributed by atoms with Gasteiger partial charge in [0.1, 0.15) is 12.2 Å². The minimum absolute atomic E-state index is 0.368. The Morgan fingerprint density at radius 1 is 0.909 bits per heavy atom. The summed E-state index contributed by atoms with van der Waals surface area (Å²) in [4.78, 5) is 0. The fraction of sp³-hybridized carbons (Fsp3) is 1.00. The van der Waals surface area contributed by atoms with Crippen molar-refractivity contribution in [1.29, 1.82) is 0 Å². The van der Waals surface area contributed by atoms with Crippen LogP contribution >= 0.6 is 0 Å². The van der Waals surface area contributed by atoms with Gasteiger partial charge in [-0.05, 0) is 37.9 Å². The summed E-state index contributed by atoms with van der Waals surface area (Å²) in [5, 5.41) is 0. The lowest BCUT2D eigenvalue weighted by Gasteiger charge is -2.27. The largest absolute Gasteiger partial charge is 0.417 e. The maximum atomic E-state index is 6.24. The molecule has 0 amide bonds. The fourth-order valence-corrected chi connectivity index (χ4v) is 5.49. The Morgan fingerprint density at radius 2 is 1.41 bits per heavy atom. The molecule has 6 heteroatoms. The molecular formula is C16H32O5Si. The number of hydrogen-bond acceptors (Lipinski definition) is 5. The van der Waals surface area contributed by atoms with Crippen molar-refractivity contribution in [2.24, 2.45) is 0 Å². The summed E-state index contributed by atoms with van der Waals surface area (Å²) in [7, 11) is -1.62. The average Bonchev–Trinajstić information content (AvgIpc) is 3.38. The summed E-state index contributed by atoms with van der Waals surface area (Å²) in [6.07, 6.45) is 4.01. The van der Waals surface area contributed by atoms with Gasteiger partial charge in [-0.2, -0.15) is 0 Å². The lowest BCUT2D eigenvalue weighted by atomic mass is 10.5. The highest BCUT2D eigenvalue weighted by molar-refractivity contribution is 6.72. The quantitative estimate of drug-likeness (QED) is 0.262. The van der Waals surface area contributed by atoms with Gasteiger partial charge in [-0.3, -0.25) is 0 Å². The first kappa shape index (κ1) is 18.4. The third kappa shape index (κ3) is 8.60. The van der Waals surface area contributed by atoms with Crippen LogP contribution < -0.4 is 0 Å². The van der Waals surface area contributed by atoms with Gasteiger partial charge >= 0.3 is 0 Å². The zero-order chi connectivity index (χ0) is 15.7. The molecule has 0 N–H and O–H groups in total. The van der Waals surface area contributed by atoms with E-state index in [4.69, 9.17) is 23.4 Å². The first-order valence-corrected chi connectivity index (χ1v) is 11.6. The van der Waals surface area contributed by atoms with Gasteiger partial charge in [0.05, 0.1) is 26.4 Å². The Labute approximate surface area is 135 Å². The van der Waals surface area contributed by atoms with Crippen LogP contribution in [-0.4, -0.2) is 66.8 Å². The third-order valence-electron chi connectivity index (χ3n) is 4.06. The molecule has 22 heavy (non-hydrogen) atoms. The summed E-state index contributed by atoms with van der Waals surface area (Å²) in [5.41, 5.74) is 0. The molecule has 0 aromatic rings. The first-order chi connectivity index (χ1) is 10.7.